The van der Waals surface area contributed by atoms with Crippen molar-refractivity contribution in [3.8, 4) is 5.75 Å². The van der Waals surface area contributed by atoms with E-state index >= 15 is 0 Å². The van der Waals surface area contributed by atoms with E-state index in [9.17, 15) is 9.18 Å². The molecule has 0 saturated carbocycles. The smallest absolute Gasteiger partial charge is 0.165 e. The van der Waals surface area contributed by atoms with Crippen LogP contribution in [0.4, 0.5) is 4.39 Å². The maximum absolute atomic E-state index is 13.1. The van der Waals surface area contributed by atoms with Crippen molar-refractivity contribution in [2.24, 2.45) is 0 Å². The molecule has 0 aromatic heterocycles. The summed E-state index contributed by atoms with van der Waals surface area (Å²) in [6, 6.07) is 4.44. The lowest BCUT2D eigenvalue weighted by Gasteiger charge is -2.05. The van der Waals surface area contributed by atoms with E-state index in [1.807, 2.05) is 0 Å². The first-order chi connectivity index (χ1) is 6.59. The predicted octanol–water partition coefficient (Wildman–Crippen LogP) is 2.95. The van der Waals surface area contributed by atoms with Crippen LogP contribution in [-0.2, 0) is 4.79 Å². The Kier molecular flexibility index (Phi) is 4.07. The summed E-state index contributed by atoms with van der Waals surface area (Å²) >= 11 is 3.20. The summed E-state index contributed by atoms with van der Waals surface area (Å²) in [6.45, 7) is 1.68. The van der Waals surface area contributed by atoms with E-state index < -0.39 is 5.82 Å². The van der Waals surface area contributed by atoms with Gasteiger partial charge in [-0.25, -0.2) is 4.39 Å². The molecule has 0 aliphatic rings. The quantitative estimate of drug-likeness (QED) is 0.832. The van der Waals surface area contributed by atoms with Crippen molar-refractivity contribution >= 4 is 21.7 Å². The molecule has 0 radical (unpaired) electrons. The number of halogens is 2. The molecule has 1 rings (SSSR count). The molecule has 0 spiro atoms. The van der Waals surface area contributed by atoms with Gasteiger partial charge in [0.2, 0.25) is 0 Å². The van der Waals surface area contributed by atoms with E-state index in [2.05, 4.69) is 15.9 Å². The molecule has 0 unspecified atom stereocenters. The zero-order valence-electron chi connectivity index (χ0n) is 7.72. The standard InChI is InChI=1S/C10H10BrFO2/c1-7(13)4-5-14-10-6-8(11)2-3-9(10)12/h2-3,6H,4-5H2,1H3. The molecular formula is C10H10BrFO2. The Hall–Kier alpha value is -0.900. The third-order valence-electron chi connectivity index (χ3n) is 1.60. The maximum atomic E-state index is 13.1. The van der Waals surface area contributed by atoms with E-state index in [1.54, 1.807) is 6.07 Å². The third-order valence-corrected chi connectivity index (χ3v) is 2.10. The summed E-state index contributed by atoms with van der Waals surface area (Å²) in [6.07, 6.45) is 0.298. The van der Waals surface area contributed by atoms with Crippen LogP contribution in [0.15, 0.2) is 22.7 Å². The van der Waals surface area contributed by atoms with Crippen molar-refractivity contribution in [2.75, 3.05) is 6.61 Å². The molecule has 4 heteroatoms. The van der Waals surface area contributed by atoms with Crippen LogP contribution < -0.4 is 4.74 Å². The van der Waals surface area contributed by atoms with Gasteiger partial charge < -0.3 is 4.74 Å². The molecule has 76 valence electrons. The second-order valence-corrected chi connectivity index (χ2v) is 3.79. The molecule has 14 heavy (non-hydrogen) atoms. The third kappa shape index (κ3) is 3.46. The van der Waals surface area contributed by atoms with Crippen LogP contribution in [0.1, 0.15) is 13.3 Å². The van der Waals surface area contributed by atoms with E-state index in [-0.39, 0.29) is 18.1 Å². The lowest BCUT2D eigenvalue weighted by atomic mass is 10.3. The van der Waals surface area contributed by atoms with Crippen molar-refractivity contribution in [1.29, 1.82) is 0 Å². The van der Waals surface area contributed by atoms with Gasteiger partial charge >= 0.3 is 0 Å². The number of carbonyl (C=O) groups excluding carboxylic acids is 1. The minimum Gasteiger partial charge on any atom is -0.490 e. The van der Waals surface area contributed by atoms with Crippen LogP contribution in [0.25, 0.3) is 0 Å². The predicted molar refractivity (Wildman–Crippen MR) is 54.9 cm³/mol. The molecule has 0 aliphatic carbocycles. The number of hydrogen-bond donors (Lipinski definition) is 0. The Balaban J connectivity index is 2.57. The number of carbonyl (C=O) groups is 1. The van der Waals surface area contributed by atoms with Crippen molar-refractivity contribution in [1.82, 2.24) is 0 Å². The Labute approximate surface area is 90.2 Å². The van der Waals surface area contributed by atoms with E-state index in [4.69, 9.17) is 4.74 Å². The topological polar surface area (TPSA) is 26.3 Å². The van der Waals surface area contributed by atoms with Crippen molar-refractivity contribution in [3.63, 3.8) is 0 Å². The zero-order chi connectivity index (χ0) is 10.6. The lowest BCUT2D eigenvalue weighted by Crippen LogP contribution is -2.03. The lowest BCUT2D eigenvalue weighted by molar-refractivity contribution is -0.117. The molecule has 0 heterocycles. The monoisotopic (exact) mass is 260 g/mol. The maximum Gasteiger partial charge on any atom is 0.165 e. The number of rotatable bonds is 4. The van der Waals surface area contributed by atoms with Gasteiger partial charge in [0, 0.05) is 10.9 Å². The summed E-state index contributed by atoms with van der Waals surface area (Å²) in [7, 11) is 0. The summed E-state index contributed by atoms with van der Waals surface area (Å²) in [5.74, 6) is -0.224. The fourth-order valence-corrected chi connectivity index (χ4v) is 1.23. The number of ketones is 1. The molecule has 2 nitrogen and oxygen atoms in total. The highest BCUT2D eigenvalue weighted by molar-refractivity contribution is 9.10. The van der Waals surface area contributed by atoms with Gasteiger partial charge in [0.25, 0.3) is 0 Å². The highest BCUT2D eigenvalue weighted by atomic mass is 79.9. The summed E-state index contributed by atoms with van der Waals surface area (Å²) in [5, 5.41) is 0. The Morgan fingerprint density at radius 2 is 2.29 bits per heavy atom. The van der Waals surface area contributed by atoms with Crippen LogP contribution in [0.5, 0.6) is 5.75 Å². The van der Waals surface area contributed by atoms with Gasteiger partial charge in [-0.2, -0.15) is 0 Å². The molecule has 0 amide bonds. The van der Waals surface area contributed by atoms with Gasteiger partial charge in [0.1, 0.15) is 5.78 Å². The summed E-state index contributed by atoms with van der Waals surface area (Å²) in [5.41, 5.74) is 0. The van der Waals surface area contributed by atoms with E-state index in [0.717, 1.165) is 4.47 Å². The summed E-state index contributed by atoms with van der Waals surface area (Å²) in [4.78, 5) is 10.6. The molecule has 0 aliphatic heterocycles. The SMILES string of the molecule is CC(=O)CCOc1cc(Br)ccc1F. The number of ether oxygens (including phenoxy) is 1. The average Bonchev–Trinajstić information content (AvgIpc) is 2.10. The Morgan fingerprint density at radius 1 is 1.57 bits per heavy atom. The molecule has 1 aromatic carbocycles. The highest BCUT2D eigenvalue weighted by Crippen LogP contribution is 2.22. The number of benzene rings is 1. The van der Waals surface area contributed by atoms with Crippen molar-refractivity contribution in [2.45, 2.75) is 13.3 Å². The fraction of sp³-hybridized carbons (Fsp3) is 0.300. The van der Waals surface area contributed by atoms with Gasteiger partial charge in [0.15, 0.2) is 11.6 Å². The Morgan fingerprint density at radius 3 is 2.93 bits per heavy atom. The second kappa shape index (κ2) is 5.10. The second-order valence-electron chi connectivity index (χ2n) is 2.88. The van der Waals surface area contributed by atoms with Crippen LogP contribution in [-0.4, -0.2) is 12.4 Å². The van der Waals surface area contributed by atoms with Crippen molar-refractivity contribution in [3.05, 3.63) is 28.5 Å². The molecule has 0 bridgehead atoms. The first-order valence-electron chi connectivity index (χ1n) is 4.17. The molecular weight excluding hydrogens is 251 g/mol. The molecule has 0 saturated heterocycles. The van der Waals surface area contributed by atoms with Crippen LogP contribution >= 0.6 is 15.9 Å². The Bertz CT molecular complexity index is 339. The average molecular weight is 261 g/mol. The normalized spacial score (nSPS) is 9.93. The first kappa shape index (κ1) is 11.2. The fourth-order valence-electron chi connectivity index (χ4n) is 0.893. The zero-order valence-corrected chi connectivity index (χ0v) is 9.30. The minimum absolute atomic E-state index is 0.0282. The molecule has 0 N–H and O–H groups in total. The van der Waals surface area contributed by atoms with Gasteiger partial charge in [-0.05, 0) is 25.1 Å². The number of Topliss-reactive ketones (excluding diaryl/α,β-unsaturated/α-hetero) is 1. The molecule has 0 atom stereocenters. The van der Waals surface area contributed by atoms with Crippen LogP contribution in [0.2, 0.25) is 0 Å². The van der Waals surface area contributed by atoms with Crippen LogP contribution in [0.3, 0.4) is 0 Å². The summed E-state index contributed by atoms with van der Waals surface area (Å²) < 4.78 is 18.9. The molecule has 0 fully saturated rings. The van der Waals surface area contributed by atoms with Gasteiger partial charge in [0.05, 0.1) is 6.61 Å². The largest absolute Gasteiger partial charge is 0.490 e. The number of hydrogen-bond acceptors (Lipinski definition) is 2. The van der Waals surface area contributed by atoms with Gasteiger partial charge in [-0.15, -0.1) is 0 Å². The first-order valence-corrected chi connectivity index (χ1v) is 4.96. The van der Waals surface area contributed by atoms with Crippen molar-refractivity contribution < 1.29 is 13.9 Å². The van der Waals surface area contributed by atoms with Crippen LogP contribution in [0, 0.1) is 5.82 Å². The van der Waals surface area contributed by atoms with Gasteiger partial charge in [-0.1, -0.05) is 15.9 Å². The van der Waals surface area contributed by atoms with Gasteiger partial charge in [-0.3, -0.25) is 4.79 Å². The minimum atomic E-state index is -0.420. The van der Waals surface area contributed by atoms with E-state index in [0.29, 0.717) is 6.42 Å². The van der Waals surface area contributed by atoms with E-state index in [1.165, 1.54) is 19.1 Å². The molecule has 1 aromatic rings. The highest BCUT2D eigenvalue weighted by Gasteiger charge is 2.03.